The van der Waals surface area contributed by atoms with Crippen molar-refractivity contribution in [2.75, 3.05) is 0 Å². The molecule has 0 aliphatic heterocycles. The van der Waals surface area contributed by atoms with Crippen molar-refractivity contribution >= 4 is 69.7 Å². The van der Waals surface area contributed by atoms with Crippen molar-refractivity contribution < 1.29 is 8.83 Å². The molecule has 0 aliphatic carbocycles. The first-order chi connectivity index (χ1) is 10.2. The summed E-state index contributed by atoms with van der Waals surface area (Å²) < 4.78 is 13.0. The van der Waals surface area contributed by atoms with Gasteiger partial charge in [-0.15, -0.1) is 0 Å². The molecular weight excluding hydrogens is 468 g/mol. The minimum Gasteiger partial charge on any atom is -0.463 e. The van der Waals surface area contributed by atoms with Gasteiger partial charge in [0.25, 0.3) is 0 Å². The summed E-state index contributed by atoms with van der Waals surface area (Å²) in [6.07, 6.45) is 8.48. The van der Waals surface area contributed by atoms with Crippen molar-refractivity contribution in [2.45, 2.75) is 0 Å². The third-order valence-electron chi connectivity index (χ3n) is 2.71. The van der Waals surface area contributed by atoms with Gasteiger partial charge >= 0.3 is 0 Å². The Morgan fingerprint density at radius 1 is 0.810 bits per heavy atom. The Hall–Kier alpha value is -1.18. The van der Waals surface area contributed by atoms with E-state index in [1.54, 1.807) is 31.1 Å². The first-order valence-electron chi connectivity index (χ1n) is 5.80. The molecule has 0 fully saturated rings. The highest BCUT2D eigenvalue weighted by Gasteiger charge is 2.05. The lowest BCUT2D eigenvalue weighted by atomic mass is 10.3. The van der Waals surface area contributed by atoms with Crippen molar-refractivity contribution in [1.29, 1.82) is 0 Å². The number of fused-ring (bicyclic) bond motifs is 2. The van der Waals surface area contributed by atoms with Crippen LogP contribution in [-0.2, 0) is 0 Å². The Bertz CT molecular complexity index is 865. The number of pyridine rings is 2. The molecule has 0 bridgehead atoms. The van der Waals surface area contributed by atoms with Crippen molar-refractivity contribution in [1.82, 2.24) is 9.97 Å². The number of halogens is 3. The SMILES string of the molecule is Brc1cncc2ccoc12.Brc1ncc(Br)c2occc12. The number of rotatable bonds is 0. The fourth-order valence-corrected chi connectivity index (χ4v) is 3.02. The molecule has 4 rings (SSSR count). The van der Waals surface area contributed by atoms with Gasteiger partial charge in [0.1, 0.15) is 4.60 Å². The lowest BCUT2D eigenvalue weighted by Crippen LogP contribution is -1.75. The van der Waals surface area contributed by atoms with Crippen LogP contribution in [-0.4, -0.2) is 9.97 Å². The summed E-state index contributed by atoms with van der Waals surface area (Å²) >= 11 is 9.97. The Morgan fingerprint density at radius 2 is 1.52 bits per heavy atom. The molecule has 7 heteroatoms. The normalized spacial score (nSPS) is 10.6. The van der Waals surface area contributed by atoms with E-state index in [-0.39, 0.29) is 0 Å². The van der Waals surface area contributed by atoms with E-state index in [1.807, 2.05) is 12.1 Å². The average molecular weight is 475 g/mol. The Labute approximate surface area is 144 Å². The Morgan fingerprint density at radius 3 is 2.29 bits per heavy atom. The molecule has 4 aromatic rings. The van der Waals surface area contributed by atoms with Crippen LogP contribution in [0, 0.1) is 0 Å². The molecule has 0 amide bonds. The van der Waals surface area contributed by atoms with Gasteiger partial charge in [-0.1, -0.05) is 0 Å². The van der Waals surface area contributed by atoms with Gasteiger partial charge in [0, 0.05) is 24.0 Å². The highest BCUT2D eigenvalue weighted by molar-refractivity contribution is 9.11. The van der Waals surface area contributed by atoms with Gasteiger partial charge < -0.3 is 8.83 Å². The zero-order chi connectivity index (χ0) is 14.8. The molecule has 0 atom stereocenters. The predicted octanol–water partition coefficient (Wildman–Crippen LogP) is 5.94. The molecule has 4 aromatic heterocycles. The van der Waals surface area contributed by atoms with Crippen LogP contribution in [0.5, 0.6) is 0 Å². The molecule has 0 aromatic carbocycles. The van der Waals surface area contributed by atoms with E-state index in [4.69, 9.17) is 8.83 Å². The number of hydrogen-bond donors (Lipinski definition) is 0. The summed E-state index contributed by atoms with van der Waals surface area (Å²) in [5, 5.41) is 2.01. The second-order valence-corrected chi connectivity index (χ2v) is 6.48. The minimum atomic E-state index is 0.810. The second kappa shape index (κ2) is 6.29. The monoisotopic (exact) mass is 472 g/mol. The molecular formula is C14H7Br3N2O2. The maximum atomic E-state index is 5.21. The topological polar surface area (TPSA) is 52.1 Å². The largest absolute Gasteiger partial charge is 0.463 e. The molecule has 21 heavy (non-hydrogen) atoms. The fourth-order valence-electron chi connectivity index (χ4n) is 1.75. The van der Waals surface area contributed by atoms with Crippen molar-refractivity contribution in [3.8, 4) is 0 Å². The van der Waals surface area contributed by atoms with E-state index < -0.39 is 0 Å². The van der Waals surface area contributed by atoms with Crippen LogP contribution in [0.15, 0.2) is 65.6 Å². The number of aromatic nitrogens is 2. The van der Waals surface area contributed by atoms with Crippen LogP contribution in [0.2, 0.25) is 0 Å². The molecule has 0 aliphatic rings. The molecule has 106 valence electrons. The van der Waals surface area contributed by atoms with Crippen LogP contribution in [0.25, 0.3) is 21.9 Å². The molecule has 0 saturated carbocycles. The maximum Gasteiger partial charge on any atom is 0.152 e. The molecule has 0 N–H and O–H groups in total. The zero-order valence-electron chi connectivity index (χ0n) is 10.4. The lowest BCUT2D eigenvalue weighted by Gasteiger charge is -1.92. The summed E-state index contributed by atoms with van der Waals surface area (Å²) in [4.78, 5) is 8.07. The molecule has 0 spiro atoms. The van der Waals surface area contributed by atoms with Gasteiger partial charge in [0.15, 0.2) is 11.2 Å². The fraction of sp³-hybridized carbons (Fsp3) is 0. The second-order valence-electron chi connectivity index (χ2n) is 4.02. The summed E-state index contributed by atoms with van der Waals surface area (Å²) in [6, 6.07) is 3.75. The van der Waals surface area contributed by atoms with E-state index in [2.05, 4.69) is 57.8 Å². The van der Waals surface area contributed by atoms with Crippen molar-refractivity contribution in [3.63, 3.8) is 0 Å². The number of furan rings is 2. The molecule has 4 heterocycles. The lowest BCUT2D eigenvalue weighted by molar-refractivity contribution is 0.613. The minimum absolute atomic E-state index is 0.810. The predicted molar refractivity (Wildman–Crippen MR) is 91.1 cm³/mol. The molecule has 0 unspecified atom stereocenters. The number of hydrogen-bond acceptors (Lipinski definition) is 4. The van der Waals surface area contributed by atoms with Crippen molar-refractivity contribution in [3.05, 3.63) is 56.8 Å². The van der Waals surface area contributed by atoms with Gasteiger partial charge in [0.2, 0.25) is 0 Å². The highest BCUT2D eigenvalue weighted by Crippen LogP contribution is 2.28. The van der Waals surface area contributed by atoms with Gasteiger partial charge in [-0.25, -0.2) is 4.98 Å². The van der Waals surface area contributed by atoms with Crippen LogP contribution in [0.1, 0.15) is 0 Å². The van der Waals surface area contributed by atoms with Gasteiger partial charge in [-0.2, -0.15) is 0 Å². The first-order valence-corrected chi connectivity index (χ1v) is 8.18. The molecule has 0 saturated heterocycles. The Balaban J connectivity index is 0.000000126. The average Bonchev–Trinajstić information content (AvgIpc) is 3.13. The quantitative estimate of drug-likeness (QED) is 0.296. The third-order valence-corrected chi connectivity index (χ3v) is 4.47. The van der Waals surface area contributed by atoms with E-state index in [9.17, 15) is 0 Å². The third kappa shape index (κ3) is 3.04. The van der Waals surface area contributed by atoms with Gasteiger partial charge in [-0.05, 0) is 59.9 Å². The summed E-state index contributed by atoms with van der Waals surface area (Å²) in [6.45, 7) is 0. The van der Waals surface area contributed by atoms with Crippen LogP contribution in [0.4, 0.5) is 0 Å². The summed E-state index contributed by atoms with van der Waals surface area (Å²) in [5.41, 5.74) is 1.68. The van der Waals surface area contributed by atoms with E-state index in [0.29, 0.717) is 0 Å². The smallest absolute Gasteiger partial charge is 0.152 e. The summed E-state index contributed by atoms with van der Waals surface area (Å²) in [7, 11) is 0. The maximum absolute atomic E-state index is 5.21. The van der Waals surface area contributed by atoms with Crippen LogP contribution in [0.3, 0.4) is 0 Å². The first kappa shape index (κ1) is 14.7. The van der Waals surface area contributed by atoms with Crippen LogP contribution >= 0.6 is 47.8 Å². The number of nitrogens with zero attached hydrogens (tertiary/aromatic N) is 2. The van der Waals surface area contributed by atoms with Crippen molar-refractivity contribution in [2.24, 2.45) is 0 Å². The zero-order valence-corrected chi connectivity index (χ0v) is 15.1. The highest BCUT2D eigenvalue weighted by atomic mass is 79.9. The van der Waals surface area contributed by atoms with Gasteiger partial charge in [0.05, 0.1) is 26.9 Å². The Kier molecular flexibility index (Phi) is 4.42. The van der Waals surface area contributed by atoms with E-state index >= 15 is 0 Å². The molecule has 0 radical (unpaired) electrons. The van der Waals surface area contributed by atoms with Gasteiger partial charge in [-0.3, -0.25) is 4.98 Å². The summed E-state index contributed by atoms with van der Waals surface area (Å²) in [5.74, 6) is 0. The standard InChI is InChI=1S/C7H3Br2NO.C7H4BrNO/c8-5-3-10-7(9)4-1-2-11-6(4)5;8-6-4-9-3-5-1-2-10-7(5)6/h1-3H;1-4H. The van der Waals surface area contributed by atoms with E-state index in [1.165, 1.54) is 0 Å². The van der Waals surface area contributed by atoms with E-state index in [0.717, 1.165) is 35.5 Å². The molecule has 4 nitrogen and oxygen atoms in total. The van der Waals surface area contributed by atoms with Crippen LogP contribution < -0.4 is 0 Å².